The summed E-state index contributed by atoms with van der Waals surface area (Å²) in [5, 5.41) is 5.86. The molecule has 8 heteroatoms. The van der Waals surface area contributed by atoms with Gasteiger partial charge in [-0.15, -0.1) is 11.3 Å². The third kappa shape index (κ3) is 4.77. The fraction of sp³-hybridized carbons (Fsp3) is 0.227. The quantitative estimate of drug-likeness (QED) is 0.307. The molecule has 154 valence electrons. The first-order valence-corrected chi connectivity index (χ1v) is 10.5. The molecule has 2 aromatic carbocycles. The summed E-state index contributed by atoms with van der Waals surface area (Å²) >= 11 is 1.41. The van der Waals surface area contributed by atoms with Crippen LogP contribution in [0.25, 0.3) is 11.0 Å². The number of fused-ring (bicyclic) bond motifs is 1. The molecule has 0 spiro atoms. The largest absolute Gasteiger partial charge is 0.341 e. The SMILES string of the molecule is O=C(CCc1c(F)cccc1F)c1csc(CCNCc2nc3ccccc3[nH]2)n1. The van der Waals surface area contributed by atoms with Crippen LogP contribution in [0, 0.1) is 11.6 Å². The van der Waals surface area contributed by atoms with Gasteiger partial charge in [-0.3, -0.25) is 4.79 Å². The Bertz CT molecular complexity index is 1120. The van der Waals surface area contributed by atoms with Gasteiger partial charge < -0.3 is 10.3 Å². The number of thiazole rings is 1. The van der Waals surface area contributed by atoms with Crippen molar-refractivity contribution < 1.29 is 13.6 Å². The number of H-pyrrole nitrogens is 1. The summed E-state index contributed by atoms with van der Waals surface area (Å²) in [5.74, 6) is -0.600. The van der Waals surface area contributed by atoms with E-state index < -0.39 is 11.6 Å². The number of carbonyl (C=O) groups is 1. The van der Waals surface area contributed by atoms with Crippen molar-refractivity contribution in [3.63, 3.8) is 0 Å². The van der Waals surface area contributed by atoms with Crippen LogP contribution >= 0.6 is 11.3 Å². The summed E-state index contributed by atoms with van der Waals surface area (Å²) in [6, 6.07) is 11.6. The van der Waals surface area contributed by atoms with Gasteiger partial charge in [-0.05, 0) is 30.7 Å². The fourth-order valence-electron chi connectivity index (χ4n) is 3.18. The molecule has 4 aromatic rings. The van der Waals surface area contributed by atoms with Crippen LogP contribution in [0.4, 0.5) is 8.78 Å². The minimum Gasteiger partial charge on any atom is -0.341 e. The Hall–Kier alpha value is -2.97. The molecule has 0 aliphatic heterocycles. The first kappa shape index (κ1) is 20.3. The second-order valence-corrected chi connectivity index (χ2v) is 7.82. The summed E-state index contributed by atoms with van der Waals surface area (Å²) in [7, 11) is 0. The summed E-state index contributed by atoms with van der Waals surface area (Å²) in [5.41, 5.74) is 2.24. The zero-order chi connectivity index (χ0) is 20.9. The van der Waals surface area contributed by atoms with E-state index in [1.54, 1.807) is 5.38 Å². The number of nitrogens with zero attached hydrogens (tertiary/aromatic N) is 2. The number of aromatic amines is 1. The van der Waals surface area contributed by atoms with Crippen LogP contribution < -0.4 is 5.32 Å². The first-order chi connectivity index (χ1) is 14.6. The lowest BCUT2D eigenvalue weighted by Gasteiger charge is -2.03. The molecule has 4 rings (SSSR count). The standard InChI is InChI=1S/C22H20F2N4OS/c23-15-4-3-5-16(24)14(15)8-9-20(29)19-13-30-22(28-19)10-11-25-12-21-26-17-6-1-2-7-18(17)27-21/h1-7,13,25H,8-12H2,(H,26,27). The highest BCUT2D eigenvalue weighted by Gasteiger charge is 2.14. The van der Waals surface area contributed by atoms with Gasteiger partial charge in [-0.25, -0.2) is 18.7 Å². The number of hydrogen-bond donors (Lipinski definition) is 2. The number of benzene rings is 2. The van der Waals surface area contributed by atoms with Crippen LogP contribution in [0.2, 0.25) is 0 Å². The summed E-state index contributed by atoms with van der Waals surface area (Å²) < 4.78 is 27.4. The monoisotopic (exact) mass is 426 g/mol. The number of halogens is 2. The lowest BCUT2D eigenvalue weighted by molar-refractivity contribution is 0.0978. The predicted octanol–water partition coefficient (Wildman–Crippen LogP) is 4.45. The topological polar surface area (TPSA) is 70.7 Å². The van der Waals surface area contributed by atoms with Crippen molar-refractivity contribution in [1.29, 1.82) is 0 Å². The highest BCUT2D eigenvalue weighted by atomic mass is 32.1. The van der Waals surface area contributed by atoms with Crippen molar-refractivity contribution in [2.75, 3.05) is 6.54 Å². The maximum atomic E-state index is 13.7. The Morgan fingerprint density at radius 3 is 2.63 bits per heavy atom. The van der Waals surface area contributed by atoms with Gasteiger partial charge in [0, 0.05) is 30.3 Å². The molecule has 0 fully saturated rings. The number of nitrogens with one attached hydrogen (secondary N) is 2. The molecular weight excluding hydrogens is 406 g/mol. The maximum absolute atomic E-state index is 13.7. The van der Waals surface area contributed by atoms with E-state index in [4.69, 9.17) is 0 Å². The molecule has 2 heterocycles. The van der Waals surface area contributed by atoms with Gasteiger partial charge in [0.1, 0.15) is 23.2 Å². The number of ketones is 1. The number of rotatable bonds is 9. The molecule has 30 heavy (non-hydrogen) atoms. The minimum absolute atomic E-state index is 0.0171. The Morgan fingerprint density at radius 2 is 1.83 bits per heavy atom. The number of aromatic nitrogens is 3. The van der Waals surface area contributed by atoms with Crippen LogP contribution in [0.15, 0.2) is 47.8 Å². The third-order valence-corrected chi connectivity index (χ3v) is 5.66. The number of imidazole rings is 1. The second-order valence-electron chi connectivity index (χ2n) is 6.88. The molecule has 0 unspecified atom stereocenters. The van der Waals surface area contributed by atoms with Crippen LogP contribution in [-0.2, 0) is 19.4 Å². The lowest BCUT2D eigenvalue weighted by Crippen LogP contribution is -2.17. The zero-order valence-electron chi connectivity index (χ0n) is 16.1. The van der Waals surface area contributed by atoms with Gasteiger partial charge in [0.25, 0.3) is 0 Å². The normalized spacial score (nSPS) is 11.3. The summed E-state index contributed by atoms with van der Waals surface area (Å²) in [6.07, 6.45) is 0.717. The van der Waals surface area contributed by atoms with Crippen LogP contribution in [0.1, 0.15) is 33.3 Å². The Morgan fingerprint density at radius 1 is 1.03 bits per heavy atom. The van der Waals surface area contributed by atoms with E-state index in [0.717, 1.165) is 21.9 Å². The summed E-state index contributed by atoms with van der Waals surface area (Å²) in [6.45, 7) is 1.30. The van der Waals surface area contributed by atoms with Crippen molar-refractivity contribution in [1.82, 2.24) is 20.3 Å². The lowest BCUT2D eigenvalue weighted by atomic mass is 10.1. The number of para-hydroxylation sites is 2. The van der Waals surface area contributed by atoms with Crippen LogP contribution in [0.3, 0.4) is 0 Å². The molecule has 0 saturated carbocycles. The average Bonchev–Trinajstić information content (AvgIpc) is 3.37. The van der Waals surface area contributed by atoms with Crippen molar-refractivity contribution in [3.05, 3.63) is 81.6 Å². The molecule has 0 amide bonds. The van der Waals surface area contributed by atoms with Crippen molar-refractivity contribution in [2.24, 2.45) is 0 Å². The molecule has 0 aliphatic carbocycles. The fourth-order valence-corrected chi connectivity index (χ4v) is 3.99. The zero-order valence-corrected chi connectivity index (χ0v) is 16.9. The molecule has 2 aromatic heterocycles. The number of carbonyl (C=O) groups excluding carboxylic acids is 1. The number of hydrogen-bond acceptors (Lipinski definition) is 5. The van der Waals surface area contributed by atoms with E-state index in [1.165, 1.54) is 29.5 Å². The molecule has 0 saturated heterocycles. The van der Waals surface area contributed by atoms with Crippen molar-refractivity contribution in [3.8, 4) is 0 Å². The van der Waals surface area contributed by atoms with Gasteiger partial charge in [0.05, 0.1) is 22.6 Å². The van der Waals surface area contributed by atoms with Gasteiger partial charge in [0.2, 0.25) is 0 Å². The third-order valence-electron chi connectivity index (χ3n) is 4.75. The van der Waals surface area contributed by atoms with Crippen molar-refractivity contribution in [2.45, 2.75) is 25.8 Å². The Kier molecular flexibility index (Phi) is 6.25. The highest BCUT2D eigenvalue weighted by Crippen LogP contribution is 2.17. The Labute approximate surface area is 176 Å². The predicted molar refractivity (Wildman–Crippen MR) is 113 cm³/mol. The first-order valence-electron chi connectivity index (χ1n) is 9.65. The maximum Gasteiger partial charge on any atom is 0.182 e. The van der Waals surface area contributed by atoms with Crippen LogP contribution in [0.5, 0.6) is 0 Å². The Balaban J connectivity index is 1.25. The number of Topliss-reactive ketones (excluding diaryl/α,β-unsaturated/α-hetero) is 1. The average molecular weight is 426 g/mol. The van der Waals surface area contributed by atoms with Gasteiger partial charge in [-0.2, -0.15) is 0 Å². The summed E-state index contributed by atoms with van der Waals surface area (Å²) in [4.78, 5) is 24.5. The van der Waals surface area contributed by atoms with E-state index in [0.29, 0.717) is 25.2 Å². The second kappa shape index (κ2) is 9.23. The van der Waals surface area contributed by atoms with E-state index in [-0.39, 0.29) is 24.2 Å². The molecule has 0 aliphatic rings. The van der Waals surface area contributed by atoms with E-state index >= 15 is 0 Å². The van der Waals surface area contributed by atoms with Gasteiger partial charge >= 0.3 is 0 Å². The molecular formula is C22H20F2N4OS. The minimum atomic E-state index is -0.628. The molecule has 0 atom stereocenters. The van der Waals surface area contributed by atoms with E-state index in [1.807, 2.05) is 24.3 Å². The van der Waals surface area contributed by atoms with E-state index in [9.17, 15) is 13.6 Å². The van der Waals surface area contributed by atoms with Crippen LogP contribution in [-0.4, -0.2) is 27.3 Å². The smallest absolute Gasteiger partial charge is 0.182 e. The molecule has 5 nitrogen and oxygen atoms in total. The van der Waals surface area contributed by atoms with Gasteiger partial charge in [0.15, 0.2) is 5.78 Å². The highest BCUT2D eigenvalue weighted by molar-refractivity contribution is 7.09. The van der Waals surface area contributed by atoms with Crippen molar-refractivity contribution >= 4 is 28.2 Å². The van der Waals surface area contributed by atoms with Gasteiger partial charge in [-0.1, -0.05) is 18.2 Å². The molecule has 0 bridgehead atoms. The van der Waals surface area contributed by atoms with E-state index in [2.05, 4.69) is 20.3 Å². The molecule has 0 radical (unpaired) electrons. The molecule has 2 N–H and O–H groups in total.